The molecule has 6 rings (SSSR count). The molecule has 6 atom stereocenters. The zero-order valence-electron chi connectivity index (χ0n) is 12.3. The molecule has 2 saturated carbocycles. The van der Waals surface area contributed by atoms with Gasteiger partial charge in [0.25, 0.3) is 0 Å². The molecule has 0 unspecified atom stereocenters. The maximum atomic E-state index is 13.0. The largest absolute Gasteiger partial charge is 0.495 e. The summed E-state index contributed by atoms with van der Waals surface area (Å²) in [6, 6.07) is 7.27. The Balaban J connectivity index is 1.60. The minimum absolute atomic E-state index is 0.0378. The van der Waals surface area contributed by atoms with Crippen molar-refractivity contribution in [1.29, 1.82) is 0 Å². The number of benzene rings is 1. The summed E-state index contributed by atoms with van der Waals surface area (Å²) >= 11 is 0. The van der Waals surface area contributed by atoms with Crippen LogP contribution in [0.4, 0.5) is 5.69 Å². The first kappa shape index (κ1) is 12.4. The second-order valence-electron chi connectivity index (χ2n) is 6.84. The van der Waals surface area contributed by atoms with Gasteiger partial charge in [-0.05, 0) is 42.2 Å². The lowest BCUT2D eigenvalue weighted by Crippen LogP contribution is -2.40. The number of hydrogen-bond acceptors (Lipinski definition) is 3. The third-order valence-corrected chi connectivity index (χ3v) is 5.99. The number of amides is 2. The molecule has 2 bridgehead atoms. The van der Waals surface area contributed by atoms with E-state index in [1.165, 1.54) is 11.3 Å². The molecule has 112 valence electrons. The van der Waals surface area contributed by atoms with Crippen LogP contribution in [0.25, 0.3) is 0 Å². The Bertz CT molecular complexity index is 689. The molecule has 3 fully saturated rings. The molecular formula is C18H17NO3. The van der Waals surface area contributed by atoms with E-state index in [2.05, 4.69) is 12.2 Å². The summed E-state index contributed by atoms with van der Waals surface area (Å²) in [5.74, 6) is 1.97. The first-order valence-electron chi connectivity index (χ1n) is 7.91. The van der Waals surface area contributed by atoms with Crippen molar-refractivity contribution in [3.63, 3.8) is 0 Å². The highest BCUT2D eigenvalue weighted by atomic mass is 16.5. The Morgan fingerprint density at radius 2 is 1.59 bits per heavy atom. The zero-order valence-corrected chi connectivity index (χ0v) is 12.3. The number of ether oxygens (including phenoxy) is 1. The monoisotopic (exact) mass is 295 g/mol. The van der Waals surface area contributed by atoms with Crippen molar-refractivity contribution in [1.82, 2.24) is 0 Å². The molecule has 1 aromatic carbocycles. The Hall–Kier alpha value is -2.10. The minimum Gasteiger partial charge on any atom is -0.495 e. The van der Waals surface area contributed by atoms with Crippen LogP contribution in [0.2, 0.25) is 0 Å². The molecule has 2 amide bonds. The van der Waals surface area contributed by atoms with Gasteiger partial charge in [-0.2, -0.15) is 0 Å². The zero-order chi connectivity index (χ0) is 15.0. The van der Waals surface area contributed by atoms with Crippen LogP contribution in [0.5, 0.6) is 5.75 Å². The lowest BCUT2D eigenvalue weighted by molar-refractivity contribution is -0.124. The fourth-order valence-corrected chi connectivity index (χ4v) is 5.01. The van der Waals surface area contributed by atoms with Crippen molar-refractivity contribution in [3.05, 3.63) is 36.4 Å². The molecule has 22 heavy (non-hydrogen) atoms. The summed E-state index contributed by atoms with van der Waals surface area (Å²) in [5.41, 5.74) is 0.586. The molecule has 0 N–H and O–H groups in total. The maximum Gasteiger partial charge on any atom is 0.238 e. The molecule has 1 aliphatic heterocycles. The molecular weight excluding hydrogens is 278 g/mol. The van der Waals surface area contributed by atoms with Gasteiger partial charge in [0, 0.05) is 0 Å². The van der Waals surface area contributed by atoms with Crippen LogP contribution in [0.3, 0.4) is 0 Å². The summed E-state index contributed by atoms with van der Waals surface area (Å²) in [6.45, 7) is 0. The van der Waals surface area contributed by atoms with E-state index in [0.717, 1.165) is 0 Å². The number of para-hydroxylation sites is 2. The Labute approximate surface area is 128 Å². The third-order valence-electron chi connectivity index (χ3n) is 5.99. The van der Waals surface area contributed by atoms with Crippen molar-refractivity contribution in [2.75, 3.05) is 12.0 Å². The molecule has 5 aliphatic rings. The van der Waals surface area contributed by atoms with E-state index in [0.29, 0.717) is 23.3 Å². The van der Waals surface area contributed by atoms with Crippen LogP contribution in [0.1, 0.15) is 6.42 Å². The molecule has 1 aromatic rings. The van der Waals surface area contributed by atoms with Crippen LogP contribution >= 0.6 is 0 Å². The first-order valence-corrected chi connectivity index (χ1v) is 7.91. The molecule has 4 nitrogen and oxygen atoms in total. The number of carbonyl (C=O) groups is 2. The third kappa shape index (κ3) is 1.33. The second kappa shape index (κ2) is 4.00. The fraction of sp³-hybridized carbons (Fsp3) is 0.444. The molecule has 1 saturated heterocycles. The van der Waals surface area contributed by atoms with Gasteiger partial charge >= 0.3 is 0 Å². The predicted octanol–water partition coefficient (Wildman–Crippen LogP) is 2.25. The van der Waals surface area contributed by atoms with Crippen LogP contribution in [-0.4, -0.2) is 18.9 Å². The molecule has 1 heterocycles. The van der Waals surface area contributed by atoms with Gasteiger partial charge in [-0.15, -0.1) is 0 Å². The van der Waals surface area contributed by atoms with Crippen molar-refractivity contribution in [2.24, 2.45) is 35.5 Å². The summed E-state index contributed by atoms with van der Waals surface area (Å²) in [6.07, 6.45) is 5.57. The van der Waals surface area contributed by atoms with E-state index in [1.54, 1.807) is 19.2 Å². The standard InChI is InChI=1S/C18H17NO3/c1-22-14-5-3-2-4-13(14)19-17(20)15-9-6-7-10(12-8-11(9)12)16(15)18(19)21/h2-7,9-12,15-16H,8H2,1H3/t9-,10-,11-,12+,15+,16+/m1/s1. The van der Waals surface area contributed by atoms with Crippen LogP contribution in [0, 0.1) is 35.5 Å². The van der Waals surface area contributed by atoms with Gasteiger partial charge in [-0.25, -0.2) is 4.90 Å². The SMILES string of the molecule is COc1ccccc1N1C(=O)[C@H]2[C@@H]3C=C[C@H]([C@@H]4C[C@H]34)[C@@H]2C1=O. The highest BCUT2D eigenvalue weighted by Crippen LogP contribution is 2.65. The average molecular weight is 295 g/mol. The summed E-state index contributed by atoms with van der Waals surface area (Å²) in [5, 5.41) is 0. The maximum absolute atomic E-state index is 13.0. The van der Waals surface area contributed by atoms with Gasteiger partial charge in [0.15, 0.2) is 0 Å². The molecule has 0 spiro atoms. The highest BCUT2D eigenvalue weighted by Gasteiger charge is 2.67. The smallest absolute Gasteiger partial charge is 0.238 e. The second-order valence-corrected chi connectivity index (χ2v) is 6.84. The van der Waals surface area contributed by atoms with Crippen molar-refractivity contribution >= 4 is 17.5 Å². The molecule has 4 heteroatoms. The van der Waals surface area contributed by atoms with Gasteiger partial charge in [0.2, 0.25) is 11.8 Å². The molecule has 4 aliphatic carbocycles. The topological polar surface area (TPSA) is 46.6 Å². The quantitative estimate of drug-likeness (QED) is 0.621. The van der Waals surface area contributed by atoms with Gasteiger partial charge in [-0.1, -0.05) is 24.3 Å². The Morgan fingerprint density at radius 3 is 2.18 bits per heavy atom. The number of hydrogen-bond donors (Lipinski definition) is 0. The number of imide groups is 1. The summed E-state index contributed by atoms with van der Waals surface area (Å²) in [4.78, 5) is 27.4. The fourth-order valence-electron chi connectivity index (χ4n) is 5.01. The van der Waals surface area contributed by atoms with Gasteiger partial charge in [0.1, 0.15) is 5.75 Å². The Kier molecular flexibility index (Phi) is 2.26. The number of anilines is 1. The molecule has 0 aromatic heterocycles. The normalized spacial score (nSPS) is 40.7. The molecule has 0 radical (unpaired) electrons. The van der Waals surface area contributed by atoms with Crippen molar-refractivity contribution in [2.45, 2.75) is 6.42 Å². The number of rotatable bonds is 2. The number of carbonyl (C=O) groups excluding carboxylic acids is 2. The summed E-state index contributed by atoms with van der Waals surface area (Å²) in [7, 11) is 1.57. The van der Waals surface area contributed by atoms with E-state index in [9.17, 15) is 9.59 Å². The first-order chi connectivity index (χ1) is 10.7. The van der Waals surface area contributed by atoms with Crippen LogP contribution in [0.15, 0.2) is 36.4 Å². The lowest BCUT2D eigenvalue weighted by Gasteiger charge is -2.37. The minimum atomic E-state index is -0.156. The highest BCUT2D eigenvalue weighted by molar-refractivity contribution is 6.23. The summed E-state index contributed by atoms with van der Waals surface area (Å²) < 4.78 is 5.35. The van der Waals surface area contributed by atoms with E-state index >= 15 is 0 Å². The number of allylic oxidation sites excluding steroid dienone is 2. The van der Waals surface area contributed by atoms with Crippen LogP contribution < -0.4 is 9.64 Å². The van der Waals surface area contributed by atoms with Crippen molar-refractivity contribution < 1.29 is 14.3 Å². The number of nitrogens with zero attached hydrogens (tertiary/aromatic N) is 1. The number of methoxy groups -OCH3 is 1. The predicted molar refractivity (Wildman–Crippen MR) is 80.2 cm³/mol. The van der Waals surface area contributed by atoms with Crippen molar-refractivity contribution in [3.8, 4) is 5.75 Å². The van der Waals surface area contributed by atoms with Gasteiger partial charge in [-0.3, -0.25) is 9.59 Å². The van der Waals surface area contributed by atoms with Crippen LogP contribution in [-0.2, 0) is 9.59 Å². The van der Waals surface area contributed by atoms with E-state index in [1.807, 2.05) is 12.1 Å². The average Bonchev–Trinajstić information content (AvgIpc) is 3.32. The van der Waals surface area contributed by atoms with Gasteiger partial charge in [0.05, 0.1) is 24.6 Å². The Morgan fingerprint density at radius 1 is 1.00 bits per heavy atom. The van der Waals surface area contributed by atoms with Gasteiger partial charge < -0.3 is 4.74 Å². The lowest BCUT2D eigenvalue weighted by atomic mass is 9.63. The van der Waals surface area contributed by atoms with E-state index < -0.39 is 0 Å². The van der Waals surface area contributed by atoms with E-state index in [-0.39, 0.29) is 35.5 Å². The van der Waals surface area contributed by atoms with E-state index in [4.69, 9.17) is 4.74 Å².